The summed E-state index contributed by atoms with van der Waals surface area (Å²) in [7, 11) is 0. The van der Waals surface area contributed by atoms with E-state index in [0.717, 1.165) is 15.4 Å². The van der Waals surface area contributed by atoms with Gasteiger partial charge in [0, 0.05) is 26.0 Å². The average Bonchev–Trinajstić information content (AvgIpc) is 3.22. The smallest absolute Gasteiger partial charge is 0.307 e. The van der Waals surface area contributed by atoms with Crippen molar-refractivity contribution in [2.24, 2.45) is 5.10 Å². The molecule has 1 N–H and O–H groups in total. The summed E-state index contributed by atoms with van der Waals surface area (Å²) in [5.74, 6) is 0.185. The number of benzene rings is 3. The van der Waals surface area contributed by atoms with Crippen molar-refractivity contribution < 1.29 is 13.9 Å². The first kappa shape index (κ1) is 21.6. The van der Waals surface area contributed by atoms with Crippen LogP contribution in [0.25, 0.3) is 11.0 Å². The summed E-state index contributed by atoms with van der Waals surface area (Å²) in [5.41, 5.74) is 4.99. The molecule has 158 valence electrons. The van der Waals surface area contributed by atoms with Crippen LogP contribution in [0.2, 0.25) is 5.02 Å². The van der Waals surface area contributed by atoms with Crippen LogP contribution >= 0.6 is 27.5 Å². The molecule has 0 aliphatic carbocycles. The fourth-order valence-corrected chi connectivity index (χ4v) is 3.56. The molecule has 1 heterocycles. The number of halogens is 2. The van der Waals surface area contributed by atoms with E-state index >= 15 is 0 Å². The summed E-state index contributed by atoms with van der Waals surface area (Å²) in [5, 5.41) is 14.6. The lowest BCUT2D eigenvalue weighted by Gasteiger charge is -2.10. The lowest BCUT2D eigenvalue weighted by molar-refractivity contribution is 0.0929. The van der Waals surface area contributed by atoms with Crippen LogP contribution in [0.1, 0.15) is 27.2 Å². The molecule has 6 nitrogen and oxygen atoms in total. The predicted octanol–water partition coefficient (Wildman–Crippen LogP) is 6.06. The Kier molecular flexibility index (Phi) is 6.55. The van der Waals surface area contributed by atoms with Crippen molar-refractivity contribution in [2.45, 2.75) is 6.61 Å². The van der Waals surface area contributed by atoms with Gasteiger partial charge in [0.25, 0.3) is 0 Å². The molecule has 0 radical (unpaired) electrons. The van der Waals surface area contributed by atoms with Crippen molar-refractivity contribution in [3.63, 3.8) is 0 Å². The first-order chi connectivity index (χ1) is 15.5. The third kappa shape index (κ3) is 4.99. The van der Waals surface area contributed by atoms with Crippen LogP contribution < -0.4 is 10.2 Å². The minimum Gasteiger partial charge on any atom is -0.488 e. The molecule has 0 aliphatic rings. The summed E-state index contributed by atoms with van der Waals surface area (Å²) < 4.78 is 12.3. The number of carbonyl (C=O) groups excluding carboxylic acids is 1. The Balaban J connectivity index is 1.47. The largest absolute Gasteiger partial charge is 0.488 e. The second-order valence-electron chi connectivity index (χ2n) is 6.73. The second-order valence-corrected chi connectivity index (χ2v) is 8.08. The molecule has 0 unspecified atom stereocenters. The van der Waals surface area contributed by atoms with Crippen LogP contribution in [0.3, 0.4) is 0 Å². The van der Waals surface area contributed by atoms with Gasteiger partial charge >= 0.3 is 5.91 Å². The number of nitrogens with one attached hydrogen (secondary N) is 1. The van der Waals surface area contributed by atoms with Gasteiger partial charge in [-0.2, -0.15) is 10.4 Å². The second kappa shape index (κ2) is 9.69. The van der Waals surface area contributed by atoms with Gasteiger partial charge in [-0.15, -0.1) is 0 Å². The molecule has 0 atom stereocenters. The summed E-state index contributed by atoms with van der Waals surface area (Å²) in [6.45, 7) is 0.222. The molecule has 0 saturated heterocycles. The van der Waals surface area contributed by atoms with Crippen LogP contribution in [0.15, 0.2) is 80.7 Å². The van der Waals surface area contributed by atoms with E-state index in [4.69, 9.17) is 20.8 Å². The maximum absolute atomic E-state index is 12.4. The molecular formula is C24H15BrClN3O3. The Bertz CT molecular complexity index is 1370. The quantitative estimate of drug-likeness (QED) is 0.253. The van der Waals surface area contributed by atoms with Gasteiger partial charge in [-0.3, -0.25) is 4.79 Å². The lowest BCUT2D eigenvalue weighted by Crippen LogP contribution is -2.16. The third-order valence-electron chi connectivity index (χ3n) is 4.56. The Morgan fingerprint density at radius 3 is 2.88 bits per heavy atom. The van der Waals surface area contributed by atoms with E-state index in [1.54, 1.807) is 42.5 Å². The van der Waals surface area contributed by atoms with Gasteiger partial charge in [-0.05, 0) is 48.5 Å². The molecule has 8 heteroatoms. The fourth-order valence-electron chi connectivity index (χ4n) is 3.00. The summed E-state index contributed by atoms with van der Waals surface area (Å²) in [6, 6.07) is 21.5. The molecule has 3 aromatic carbocycles. The average molecular weight is 509 g/mol. The maximum atomic E-state index is 12.4. The van der Waals surface area contributed by atoms with Gasteiger partial charge in [0.05, 0.1) is 17.8 Å². The summed E-state index contributed by atoms with van der Waals surface area (Å²) in [6.07, 6.45) is 1.48. The van der Waals surface area contributed by atoms with Crippen molar-refractivity contribution in [1.29, 1.82) is 5.26 Å². The topological polar surface area (TPSA) is 87.6 Å². The Hall–Kier alpha value is -3.60. The van der Waals surface area contributed by atoms with Crippen molar-refractivity contribution in [3.05, 3.63) is 98.7 Å². The number of rotatable bonds is 6. The molecule has 0 bridgehead atoms. The Morgan fingerprint density at radius 1 is 1.19 bits per heavy atom. The number of hydrogen-bond acceptors (Lipinski definition) is 5. The molecule has 4 aromatic rings. The maximum Gasteiger partial charge on any atom is 0.307 e. The zero-order chi connectivity index (χ0) is 22.5. The van der Waals surface area contributed by atoms with E-state index in [9.17, 15) is 10.1 Å². The highest BCUT2D eigenvalue weighted by Crippen LogP contribution is 2.24. The highest BCUT2D eigenvalue weighted by atomic mass is 79.9. The van der Waals surface area contributed by atoms with Gasteiger partial charge in [0.2, 0.25) is 0 Å². The molecule has 0 fully saturated rings. The van der Waals surface area contributed by atoms with Crippen molar-refractivity contribution in [2.75, 3.05) is 0 Å². The van der Waals surface area contributed by atoms with E-state index in [2.05, 4.69) is 32.5 Å². The number of fused-ring (bicyclic) bond motifs is 1. The van der Waals surface area contributed by atoms with Gasteiger partial charge in [0.15, 0.2) is 5.76 Å². The van der Waals surface area contributed by atoms with Crippen LogP contribution in [0, 0.1) is 11.3 Å². The summed E-state index contributed by atoms with van der Waals surface area (Å²) in [4.78, 5) is 12.4. The minimum atomic E-state index is -0.492. The Labute approximate surface area is 197 Å². The van der Waals surface area contributed by atoms with Gasteiger partial charge in [-0.25, -0.2) is 5.43 Å². The summed E-state index contributed by atoms with van der Waals surface area (Å²) >= 11 is 9.40. The van der Waals surface area contributed by atoms with Crippen LogP contribution in [-0.4, -0.2) is 12.1 Å². The SMILES string of the molecule is N#Cc1ccccc1COc1ccc(Br)cc1C=NNC(=O)c1cc2cc(Cl)ccc2o1. The van der Waals surface area contributed by atoms with E-state index in [1.807, 2.05) is 24.3 Å². The molecule has 4 rings (SSSR count). The number of hydrogen-bond donors (Lipinski definition) is 1. The zero-order valence-electron chi connectivity index (χ0n) is 16.5. The zero-order valence-corrected chi connectivity index (χ0v) is 18.9. The number of ether oxygens (including phenoxy) is 1. The van der Waals surface area contributed by atoms with Crippen LogP contribution in [0.5, 0.6) is 5.75 Å². The number of carbonyl (C=O) groups is 1. The first-order valence-electron chi connectivity index (χ1n) is 9.46. The monoisotopic (exact) mass is 507 g/mol. The first-order valence-corrected chi connectivity index (χ1v) is 10.6. The fraction of sp³-hybridized carbons (Fsp3) is 0.0417. The molecule has 1 amide bonds. The third-order valence-corrected chi connectivity index (χ3v) is 5.29. The van der Waals surface area contributed by atoms with Gasteiger partial charge < -0.3 is 9.15 Å². The van der Waals surface area contributed by atoms with Gasteiger partial charge in [-0.1, -0.05) is 45.7 Å². The number of hydrazone groups is 1. The highest BCUT2D eigenvalue weighted by Gasteiger charge is 2.12. The number of furan rings is 1. The number of nitriles is 1. The lowest BCUT2D eigenvalue weighted by atomic mass is 10.1. The predicted molar refractivity (Wildman–Crippen MR) is 126 cm³/mol. The van der Waals surface area contributed by atoms with Gasteiger partial charge in [0.1, 0.15) is 17.9 Å². The standard InChI is InChI=1S/C24H15BrClN3O3/c25-19-5-7-21(31-14-16-4-2-1-3-15(16)12-27)18(9-19)13-28-29-24(30)23-11-17-10-20(26)6-8-22(17)32-23/h1-11,13H,14H2,(H,29,30). The Morgan fingerprint density at radius 2 is 2.03 bits per heavy atom. The van der Waals surface area contributed by atoms with E-state index in [1.165, 1.54) is 6.21 Å². The normalized spacial score (nSPS) is 10.9. The van der Waals surface area contributed by atoms with E-state index in [0.29, 0.717) is 27.5 Å². The molecule has 0 aliphatic heterocycles. The van der Waals surface area contributed by atoms with E-state index < -0.39 is 5.91 Å². The van der Waals surface area contributed by atoms with Crippen molar-refractivity contribution in [1.82, 2.24) is 5.43 Å². The van der Waals surface area contributed by atoms with Crippen LogP contribution in [0.4, 0.5) is 0 Å². The highest BCUT2D eigenvalue weighted by molar-refractivity contribution is 9.10. The molecule has 1 aromatic heterocycles. The minimum absolute atomic E-state index is 0.123. The molecule has 32 heavy (non-hydrogen) atoms. The van der Waals surface area contributed by atoms with Crippen molar-refractivity contribution in [3.8, 4) is 11.8 Å². The van der Waals surface area contributed by atoms with E-state index in [-0.39, 0.29) is 12.4 Å². The molecule has 0 saturated carbocycles. The van der Waals surface area contributed by atoms with Crippen LogP contribution in [-0.2, 0) is 6.61 Å². The number of nitrogens with zero attached hydrogens (tertiary/aromatic N) is 2. The molecular weight excluding hydrogens is 494 g/mol. The van der Waals surface area contributed by atoms with Crippen molar-refractivity contribution >= 4 is 50.6 Å². The number of amides is 1. The molecule has 0 spiro atoms.